The largest absolute Gasteiger partial charge is 0.485 e. The molecule has 0 aliphatic carbocycles. The number of hydrogen-bond donors (Lipinski definition) is 0. The van der Waals surface area contributed by atoms with Gasteiger partial charge in [-0.2, -0.15) is 0 Å². The zero-order valence-electron chi connectivity index (χ0n) is 13.2. The third-order valence-electron chi connectivity index (χ3n) is 3.65. The lowest BCUT2D eigenvalue weighted by molar-refractivity contribution is -0.145. The van der Waals surface area contributed by atoms with Crippen molar-refractivity contribution in [2.24, 2.45) is 0 Å². The van der Waals surface area contributed by atoms with Crippen molar-refractivity contribution >= 4 is 11.8 Å². The lowest BCUT2D eigenvalue weighted by Gasteiger charge is -2.29. The summed E-state index contributed by atoms with van der Waals surface area (Å²) in [6.07, 6.45) is -0.718. The number of nitrogens with zero attached hydrogens (tertiary/aromatic N) is 2. The van der Waals surface area contributed by atoms with E-state index >= 15 is 0 Å². The highest BCUT2D eigenvalue weighted by molar-refractivity contribution is 5.87. The summed E-state index contributed by atoms with van der Waals surface area (Å²) in [5.74, 6) is 0.858. The number of fused-ring (bicyclic) bond motifs is 1. The third-order valence-corrected chi connectivity index (χ3v) is 3.65. The maximum atomic E-state index is 12.4. The van der Waals surface area contributed by atoms with Crippen LogP contribution in [-0.4, -0.2) is 61.0 Å². The number of rotatable bonds is 5. The van der Waals surface area contributed by atoms with Crippen molar-refractivity contribution in [1.82, 2.24) is 9.80 Å². The highest BCUT2D eigenvalue weighted by atomic mass is 16.6. The molecule has 6 heteroatoms. The van der Waals surface area contributed by atoms with Gasteiger partial charge in [-0.05, 0) is 26.0 Å². The highest BCUT2D eigenvalue weighted by Crippen LogP contribution is 2.31. The van der Waals surface area contributed by atoms with Crippen molar-refractivity contribution in [3.05, 3.63) is 24.3 Å². The smallest absolute Gasteiger partial charge is 0.267 e. The molecule has 6 nitrogen and oxygen atoms in total. The van der Waals surface area contributed by atoms with Crippen LogP contribution in [-0.2, 0) is 9.59 Å². The van der Waals surface area contributed by atoms with Gasteiger partial charge in [0.15, 0.2) is 11.5 Å². The number of amides is 2. The Hall–Kier alpha value is -2.24. The van der Waals surface area contributed by atoms with Gasteiger partial charge in [-0.3, -0.25) is 9.59 Å². The highest BCUT2D eigenvalue weighted by Gasteiger charge is 2.30. The van der Waals surface area contributed by atoms with Gasteiger partial charge < -0.3 is 19.3 Å². The molecule has 1 aromatic rings. The van der Waals surface area contributed by atoms with Crippen molar-refractivity contribution in [2.75, 3.05) is 33.3 Å². The predicted octanol–water partition coefficient (Wildman–Crippen LogP) is 1.15. The first-order valence-corrected chi connectivity index (χ1v) is 7.48. The van der Waals surface area contributed by atoms with Gasteiger partial charge in [-0.25, -0.2) is 0 Å². The summed E-state index contributed by atoms with van der Waals surface area (Å²) < 4.78 is 11.2. The Labute approximate surface area is 130 Å². The van der Waals surface area contributed by atoms with E-state index in [1.807, 2.05) is 26.0 Å². The van der Waals surface area contributed by atoms with Crippen LogP contribution in [0.4, 0.5) is 0 Å². The SMILES string of the molecule is CCN(CC)C(=O)CN(C)C(=O)C1COc2ccccc2O1. The predicted molar refractivity (Wildman–Crippen MR) is 81.9 cm³/mol. The van der Waals surface area contributed by atoms with Gasteiger partial charge in [0.1, 0.15) is 6.61 Å². The molecule has 120 valence electrons. The van der Waals surface area contributed by atoms with Crippen LogP contribution in [0, 0.1) is 0 Å². The first kappa shape index (κ1) is 16.1. The van der Waals surface area contributed by atoms with Crippen LogP contribution in [0.15, 0.2) is 24.3 Å². The monoisotopic (exact) mass is 306 g/mol. The Bertz CT molecular complexity index is 543. The molecule has 2 rings (SSSR count). The van der Waals surface area contributed by atoms with Gasteiger partial charge in [0.2, 0.25) is 12.0 Å². The minimum atomic E-state index is -0.718. The Kier molecular flexibility index (Phi) is 5.25. The topological polar surface area (TPSA) is 59.1 Å². The molecular formula is C16H22N2O4. The van der Waals surface area contributed by atoms with Crippen LogP contribution < -0.4 is 9.47 Å². The Morgan fingerprint density at radius 2 is 1.82 bits per heavy atom. The van der Waals surface area contributed by atoms with E-state index in [0.29, 0.717) is 24.6 Å². The summed E-state index contributed by atoms with van der Waals surface area (Å²) >= 11 is 0. The number of likely N-dealkylation sites (N-methyl/N-ethyl adjacent to an activating group) is 2. The summed E-state index contributed by atoms with van der Waals surface area (Å²) in [5, 5.41) is 0. The molecule has 0 fully saturated rings. The van der Waals surface area contributed by atoms with Crippen molar-refractivity contribution in [3.63, 3.8) is 0 Å². The average Bonchev–Trinajstić information content (AvgIpc) is 2.54. The number of para-hydroxylation sites is 2. The van der Waals surface area contributed by atoms with E-state index in [9.17, 15) is 9.59 Å². The number of hydrogen-bond acceptors (Lipinski definition) is 4. The van der Waals surface area contributed by atoms with Crippen LogP contribution >= 0.6 is 0 Å². The molecule has 22 heavy (non-hydrogen) atoms. The van der Waals surface area contributed by atoms with Gasteiger partial charge in [0, 0.05) is 20.1 Å². The molecule has 0 aromatic heterocycles. The second-order valence-electron chi connectivity index (χ2n) is 5.12. The molecule has 1 aliphatic rings. The molecule has 0 spiro atoms. The number of ether oxygens (including phenoxy) is 2. The molecular weight excluding hydrogens is 284 g/mol. The quantitative estimate of drug-likeness (QED) is 0.819. The maximum Gasteiger partial charge on any atom is 0.267 e. The van der Waals surface area contributed by atoms with E-state index in [0.717, 1.165) is 0 Å². The van der Waals surface area contributed by atoms with Crippen molar-refractivity contribution in [1.29, 1.82) is 0 Å². The van der Waals surface area contributed by atoms with Gasteiger partial charge in [0.25, 0.3) is 5.91 Å². The van der Waals surface area contributed by atoms with Gasteiger partial charge in [0.05, 0.1) is 6.54 Å². The molecule has 1 unspecified atom stereocenters. The van der Waals surface area contributed by atoms with E-state index < -0.39 is 6.10 Å². The maximum absolute atomic E-state index is 12.4. The Morgan fingerprint density at radius 1 is 1.18 bits per heavy atom. The summed E-state index contributed by atoms with van der Waals surface area (Å²) in [4.78, 5) is 27.5. The molecule has 1 aliphatic heterocycles. The first-order valence-electron chi connectivity index (χ1n) is 7.48. The van der Waals surface area contributed by atoms with Gasteiger partial charge >= 0.3 is 0 Å². The first-order chi connectivity index (χ1) is 10.6. The fourth-order valence-electron chi connectivity index (χ4n) is 2.34. The molecule has 0 saturated heterocycles. The molecule has 1 heterocycles. The number of benzene rings is 1. The molecule has 0 radical (unpaired) electrons. The van der Waals surface area contributed by atoms with E-state index in [1.54, 1.807) is 24.1 Å². The average molecular weight is 306 g/mol. The molecule has 1 atom stereocenters. The third kappa shape index (κ3) is 3.50. The van der Waals surface area contributed by atoms with Crippen LogP contribution in [0.1, 0.15) is 13.8 Å². The van der Waals surface area contributed by atoms with Crippen LogP contribution in [0.3, 0.4) is 0 Å². The van der Waals surface area contributed by atoms with Crippen molar-refractivity contribution in [3.8, 4) is 11.5 Å². The van der Waals surface area contributed by atoms with Crippen LogP contribution in [0.2, 0.25) is 0 Å². The zero-order valence-corrected chi connectivity index (χ0v) is 13.2. The number of carbonyl (C=O) groups is 2. The zero-order chi connectivity index (χ0) is 16.1. The van der Waals surface area contributed by atoms with E-state index in [2.05, 4.69) is 0 Å². The molecule has 0 bridgehead atoms. The standard InChI is InChI=1S/C16H22N2O4/c1-4-18(5-2)15(19)10-17(3)16(20)14-11-21-12-8-6-7-9-13(12)22-14/h6-9,14H,4-5,10-11H2,1-3H3. The fraction of sp³-hybridized carbons (Fsp3) is 0.500. The Morgan fingerprint density at radius 3 is 2.45 bits per heavy atom. The van der Waals surface area contributed by atoms with E-state index in [4.69, 9.17) is 9.47 Å². The van der Waals surface area contributed by atoms with E-state index in [1.165, 1.54) is 4.90 Å². The summed E-state index contributed by atoms with van der Waals surface area (Å²) in [5.41, 5.74) is 0. The molecule has 0 N–H and O–H groups in total. The van der Waals surface area contributed by atoms with E-state index in [-0.39, 0.29) is 25.0 Å². The second-order valence-corrected chi connectivity index (χ2v) is 5.12. The second kappa shape index (κ2) is 7.15. The molecule has 2 amide bonds. The minimum Gasteiger partial charge on any atom is -0.485 e. The van der Waals surface area contributed by atoms with Crippen LogP contribution in [0.25, 0.3) is 0 Å². The van der Waals surface area contributed by atoms with Gasteiger partial charge in [-0.15, -0.1) is 0 Å². The van der Waals surface area contributed by atoms with Crippen molar-refractivity contribution in [2.45, 2.75) is 20.0 Å². The van der Waals surface area contributed by atoms with Crippen LogP contribution in [0.5, 0.6) is 11.5 Å². The number of carbonyl (C=O) groups excluding carboxylic acids is 2. The molecule has 0 saturated carbocycles. The summed E-state index contributed by atoms with van der Waals surface area (Å²) in [6.45, 7) is 5.29. The summed E-state index contributed by atoms with van der Waals surface area (Å²) in [6, 6.07) is 7.22. The minimum absolute atomic E-state index is 0.0437. The Balaban J connectivity index is 1.96. The normalized spacial score (nSPS) is 16.0. The summed E-state index contributed by atoms with van der Waals surface area (Å²) in [7, 11) is 1.60. The molecule has 1 aromatic carbocycles. The van der Waals surface area contributed by atoms with Gasteiger partial charge in [-0.1, -0.05) is 12.1 Å². The van der Waals surface area contributed by atoms with Crippen molar-refractivity contribution < 1.29 is 19.1 Å². The lowest BCUT2D eigenvalue weighted by atomic mass is 10.2. The fourth-order valence-corrected chi connectivity index (χ4v) is 2.34. The lowest BCUT2D eigenvalue weighted by Crippen LogP contribution is -2.48.